The molecular weight excluding hydrogens is 308 g/mol. The number of nitrogens with zero attached hydrogens (tertiary/aromatic N) is 1. The first kappa shape index (κ1) is 10.7. The second-order valence-corrected chi connectivity index (χ2v) is 3.84. The van der Waals surface area contributed by atoms with Gasteiger partial charge in [-0.2, -0.15) is 0 Å². The zero-order valence-corrected chi connectivity index (χ0v) is 9.24. The quantitative estimate of drug-likeness (QED) is 0.518. The number of nitro benzene ring substituents is 1. The third-order valence-corrected chi connectivity index (χ3v) is 2.74. The Hall–Kier alpha value is -0.400. The summed E-state index contributed by atoms with van der Waals surface area (Å²) >= 11 is 7.51. The van der Waals surface area contributed by atoms with Gasteiger partial charge in [-0.3, -0.25) is 10.1 Å². The van der Waals surface area contributed by atoms with E-state index in [1.807, 2.05) is 22.6 Å². The van der Waals surface area contributed by atoms with Crippen molar-refractivity contribution in [3.8, 4) is 0 Å². The lowest BCUT2D eigenvalue weighted by molar-refractivity contribution is -0.386. The zero-order valence-electron chi connectivity index (χ0n) is 6.33. The van der Waals surface area contributed by atoms with Gasteiger partial charge in [0.1, 0.15) is 0 Å². The molecule has 1 aromatic carbocycles. The van der Waals surface area contributed by atoms with E-state index in [2.05, 4.69) is 0 Å². The number of hydrogen-bond donors (Lipinski definition) is 1. The summed E-state index contributed by atoms with van der Waals surface area (Å²) in [7, 11) is 0. The minimum Gasteiger partial charge on any atom is -0.391 e. The highest BCUT2D eigenvalue weighted by Gasteiger charge is 2.20. The normalized spacial score (nSPS) is 10.1. The monoisotopic (exact) mass is 313 g/mol. The average molecular weight is 313 g/mol. The van der Waals surface area contributed by atoms with Crippen molar-refractivity contribution >= 4 is 39.9 Å². The average Bonchev–Trinajstić information content (AvgIpc) is 2.07. The molecule has 1 rings (SSSR count). The van der Waals surface area contributed by atoms with Crippen LogP contribution in [0.25, 0.3) is 0 Å². The van der Waals surface area contributed by atoms with Gasteiger partial charge in [-0.1, -0.05) is 11.6 Å². The molecule has 0 aromatic heterocycles. The van der Waals surface area contributed by atoms with Crippen LogP contribution in [-0.2, 0) is 6.61 Å². The summed E-state index contributed by atoms with van der Waals surface area (Å²) in [6.07, 6.45) is 0. The van der Waals surface area contributed by atoms with Crippen molar-refractivity contribution in [2.24, 2.45) is 0 Å². The summed E-state index contributed by atoms with van der Waals surface area (Å²) in [6, 6.07) is 3.07. The summed E-state index contributed by atoms with van der Waals surface area (Å²) in [5.74, 6) is 0. The van der Waals surface area contributed by atoms with Gasteiger partial charge < -0.3 is 5.11 Å². The molecule has 13 heavy (non-hydrogen) atoms. The van der Waals surface area contributed by atoms with Crippen molar-refractivity contribution in [1.82, 2.24) is 0 Å². The van der Waals surface area contributed by atoms with E-state index in [0.717, 1.165) is 0 Å². The van der Waals surface area contributed by atoms with Gasteiger partial charge in [0.15, 0.2) is 0 Å². The minimum atomic E-state index is -0.542. The first-order valence-corrected chi connectivity index (χ1v) is 4.75. The number of aliphatic hydroxyl groups is 1. The zero-order chi connectivity index (χ0) is 10.0. The molecule has 0 radical (unpaired) electrons. The van der Waals surface area contributed by atoms with Crippen LogP contribution in [0.15, 0.2) is 12.1 Å². The molecule has 1 N–H and O–H groups in total. The fourth-order valence-electron chi connectivity index (χ4n) is 0.931. The number of rotatable bonds is 2. The molecule has 0 saturated heterocycles. The molecule has 4 nitrogen and oxygen atoms in total. The number of hydrogen-bond acceptors (Lipinski definition) is 3. The first-order chi connectivity index (χ1) is 6.07. The predicted molar refractivity (Wildman–Crippen MR) is 56.7 cm³/mol. The lowest BCUT2D eigenvalue weighted by Crippen LogP contribution is -1.98. The molecule has 0 saturated carbocycles. The van der Waals surface area contributed by atoms with E-state index in [1.165, 1.54) is 6.07 Å². The van der Waals surface area contributed by atoms with Crippen LogP contribution in [0.4, 0.5) is 5.69 Å². The van der Waals surface area contributed by atoms with Crippen LogP contribution in [0.1, 0.15) is 5.56 Å². The second-order valence-electron chi connectivity index (χ2n) is 2.27. The van der Waals surface area contributed by atoms with Crippen LogP contribution in [0.2, 0.25) is 5.02 Å². The molecule has 0 unspecified atom stereocenters. The van der Waals surface area contributed by atoms with Crippen molar-refractivity contribution in [2.75, 3.05) is 0 Å². The molecule has 0 fully saturated rings. The standard InChI is InChI=1S/C7H5ClINO3/c8-5-1-2-6(9)7(10(12)13)4(5)3-11/h1-2,11H,3H2. The lowest BCUT2D eigenvalue weighted by atomic mass is 10.2. The Morgan fingerprint density at radius 1 is 1.62 bits per heavy atom. The van der Waals surface area contributed by atoms with E-state index in [-0.39, 0.29) is 16.3 Å². The van der Waals surface area contributed by atoms with Gasteiger partial charge in [-0.05, 0) is 34.7 Å². The highest BCUT2D eigenvalue weighted by Crippen LogP contribution is 2.30. The molecule has 70 valence electrons. The Labute approximate surface area is 92.8 Å². The summed E-state index contributed by atoms with van der Waals surface area (Å²) in [5, 5.41) is 19.7. The van der Waals surface area contributed by atoms with Gasteiger partial charge in [0.2, 0.25) is 0 Å². The van der Waals surface area contributed by atoms with E-state index in [1.54, 1.807) is 6.07 Å². The van der Waals surface area contributed by atoms with Crippen molar-refractivity contribution in [2.45, 2.75) is 6.61 Å². The van der Waals surface area contributed by atoms with Gasteiger partial charge >= 0.3 is 0 Å². The number of benzene rings is 1. The van der Waals surface area contributed by atoms with Crippen LogP contribution in [0.3, 0.4) is 0 Å². The Bertz CT molecular complexity index is 356. The number of nitro groups is 1. The van der Waals surface area contributed by atoms with Crippen molar-refractivity contribution in [1.29, 1.82) is 0 Å². The summed E-state index contributed by atoms with van der Waals surface area (Å²) in [5.41, 5.74) is 0.0502. The molecule has 0 heterocycles. The Kier molecular flexibility index (Phi) is 3.46. The van der Waals surface area contributed by atoms with E-state index in [4.69, 9.17) is 16.7 Å². The highest BCUT2D eigenvalue weighted by molar-refractivity contribution is 14.1. The van der Waals surface area contributed by atoms with E-state index < -0.39 is 11.5 Å². The van der Waals surface area contributed by atoms with Crippen LogP contribution in [-0.4, -0.2) is 10.0 Å². The van der Waals surface area contributed by atoms with E-state index in [9.17, 15) is 10.1 Å². The number of aliphatic hydroxyl groups excluding tert-OH is 1. The molecule has 0 aliphatic heterocycles. The molecule has 0 aliphatic rings. The topological polar surface area (TPSA) is 63.4 Å². The molecule has 0 atom stereocenters. The Morgan fingerprint density at radius 2 is 2.23 bits per heavy atom. The van der Waals surface area contributed by atoms with Crippen LogP contribution in [0.5, 0.6) is 0 Å². The van der Waals surface area contributed by atoms with Crippen molar-refractivity contribution in [3.63, 3.8) is 0 Å². The molecule has 0 aliphatic carbocycles. The van der Waals surface area contributed by atoms with E-state index in [0.29, 0.717) is 3.57 Å². The highest BCUT2D eigenvalue weighted by atomic mass is 127. The molecular formula is C7H5ClINO3. The van der Waals surface area contributed by atoms with Crippen molar-refractivity contribution in [3.05, 3.63) is 36.4 Å². The van der Waals surface area contributed by atoms with Gasteiger partial charge in [-0.25, -0.2) is 0 Å². The second kappa shape index (κ2) is 4.21. The molecule has 6 heteroatoms. The Morgan fingerprint density at radius 3 is 2.62 bits per heavy atom. The van der Waals surface area contributed by atoms with Gasteiger partial charge in [0.25, 0.3) is 5.69 Å². The van der Waals surface area contributed by atoms with Crippen molar-refractivity contribution < 1.29 is 10.0 Å². The maximum atomic E-state index is 10.6. The van der Waals surface area contributed by atoms with E-state index >= 15 is 0 Å². The molecule has 0 amide bonds. The smallest absolute Gasteiger partial charge is 0.289 e. The van der Waals surface area contributed by atoms with Gasteiger partial charge in [0.05, 0.1) is 25.7 Å². The predicted octanol–water partition coefficient (Wildman–Crippen LogP) is 2.35. The third kappa shape index (κ3) is 2.09. The number of halogens is 2. The summed E-state index contributed by atoms with van der Waals surface area (Å²) in [6.45, 7) is -0.425. The SMILES string of the molecule is O=[N+]([O-])c1c(I)ccc(Cl)c1CO. The molecule has 1 aromatic rings. The molecule has 0 bridgehead atoms. The third-order valence-electron chi connectivity index (χ3n) is 1.52. The summed E-state index contributed by atoms with van der Waals surface area (Å²) < 4.78 is 0.469. The maximum Gasteiger partial charge on any atom is 0.289 e. The van der Waals surface area contributed by atoms with Crippen LogP contribution in [0, 0.1) is 13.7 Å². The largest absolute Gasteiger partial charge is 0.391 e. The first-order valence-electron chi connectivity index (χ1n) is 3.30. The maximum absolute atomic E-state index is 10.6. The fourth-order valence-corrected chi connectivity index (χ4v) is 1.85. The summed E-state index contributed by atoms with van der Waals surface area (Å²) in [4.78, 5) is 10.0. The van der Waals surface area contributed by atoms with Crippen LogP contribution < -0.4 is 0 Å². The lowest BCUT2D eigenvalue weighted by Gasteiger charge is -2.03. The van der Waals surface area contributed by atoms with Gasteiger partial charge in [0, 0.05) is 0 Å². The Balaban J connectivity index is 3.43. The fraction of sp³-hybridized carbons (Fsp3) is 0.143. The minimum absolute atomic E-state index is 0.115. The van der Waals surface area contributed by atoms with Crippen LogP contribution >= 0.6 is 34.2 Å². The molecule has 0 spiro atoms. The van der Waals surface area contributed by atoms with Gasteiger partial charge in [-0.15, -0.1) is 0 Å².